The van der Waals surface area contributed by atoms with Crippen LogP contribution in [0.2, 0.25) is 0 Å². The van der Waals surface area contributed by atoms with Gasteiger partial charge in [0.25, 0.3) is 0 Å². The molecule has 1 aromatic heterocycles. The van der Waals surface area contributed by atoms with Gasteiger partial charge in [0.1, 0.15) is 0 Å². The topological polar surface area (TPSA) is 34.5 Å². The molecule has 2 unspecified atom stereocenters. The Kier molecular flexibility index (Phi) is 3.41. The van der Waals surface area contributed by atoms with Crippen LogP contribution < -0.4 is 0 Å². The summed E-state index contributed by atoms with van der Waals surface area (Å²) >= 11 is 0. The Balaban J connectivity index is 1.58. The highest BCUT2D eigenvalue weighted by Crippen LogP contribution is 2.30. The summed E-state index contributed by atoms with van der Waals surface area (Å²) in [5, 5.41) is 1.19. The first-order valence-electron chi connectivity index (χ1n) is 8.18. The molecule has 2 fully saturated rings. The second-order valence-electron chi connectivity index (χ2n) is 6.45. The summed E-state index contributed by atoms with van der Waals surface area (Å²) in [7, 11) is 2.04. The summed E-state index contributed by atoms with van der Waals surface area (Å²) in [4.78, 5) is 14.9. The number of fused-ring (bicyclic) bond motifs is 2. The number of morpholine rings is 1. The van der Waals surface area contributed by atoms with Crippen molar-refractivity contribution in [3.63, 3.8) is 0 Å². The van der Waals surface area contributed by atoms with Crippen LogP contribution >= 0.6 is 0 Å². The molecule has 2 aromatic rings. The Hall–Kier alpha value is -1.81. The van der Waals surface area contributed by atoms with E-state index in [0.717, 1.165) is 24.9 Å². The lowest BCUT2D eigenvalue weighted by molar-refractivity contribution is -0.143. The number of hydrogen-bond donors (Lipinski definition) is 0. The highest BCUT2D eigenvalue weighted by atomic mass is 16.5. The molecule has 4 rings (SSSR count). The van der Waals surface area contributed by atoms with Crippen molar-refractivity contribution in [1.82, 2.24) is 9.47 Å². The fraction of sp³-hybridized carbons (Fsp3) is 0.500. The van der Waals surface area contributed by atoms with Crippen molar-refractivity contribution in [1.29, 1.82) is 0 Å². The molecule has 1 saturated carbocycles. The van der Waals surface area contributed by atoms with Crippen molar-refractivity contribution in [2.75, 3.05) is 13.2 Å². The molecule has 22 heavy (non-hydrogen) atoms. The molecule has 1 aliphatic heterocycles. The van der Waals surface area contributed by atoms with Gasteiger partial charge in [-0.05, 0) is 30.9 Å². The number of aromatic nitrogens is 1. The largest absolute Gasteiger partial charge is 0.374 e. The number of nitrogens with zero attached hydrogens (tertiary/aromatic N) is 2. The fourth-order valence-electron chi connectivity index (χ4n) is 4.07. The Bertz CT molecular complexity index is 706. The van der Waals surface area contributed by atoms with E-state index < -0.39 is 0 Å². The zero-order valence-corrected chi connectivity index (χ0v) is 13.0. The Labute approximate surface area is 130 Å². The fourth-order valence-corrected chi connectivity index (χ4v) is 4.07. The first kappa shape index (κ1) is 13.8. The van der Waals surface area contributed by atoms with E-state index in [1.54, 1.807) is 0 Å². The summed E-state index contributed by atoms with van der Waals surface area (Å²) in [6, 6.07) is 8.59. The number of carbonyl (C=O) groups is 1. The van der Waals surface area contributed by atoms with Crippen LogP contribution in [0.25, 0.3) is 10.9 Å². The molecule has 4 nitrogen and oxygen atoms in total. The summed E-state index contributed by atoms with van der Waals surface area (Å²) < 4.78 is 7.92. The maximum atomic E-state index is 12.8. The molecule has 1 aliphatic carbocycles. The number of amides is 1. The van der Waals surface area contributed by atoms with E-state index in [1.807, 2.05) is 19.2 Å². The van der Waals surface area contributed by atoms with Gasteiger partial charge in [-0.1, -0.05) is 18.2 Å². The number of rotatable bonds is 2. The SMILES string of the molecule is Cn1cc(CC(=O)N2CCOC3CCCC32)c2ccccc21. The van der Waals surface area contributed by atoms with Crippen molar-refractivity contribution >= 4 is 16.8 Å². The lowest BCUT2D eigenvalue weighted by Crippen LogP contribution is -2.51. The van der Waals surface area contributed by atoms with Crippen LogP contribution in [0.3, 0.4) is 0 Å². The second kappa shape index (κ2) is 5.43. The van der Waals surface area contributed by atoms with Crippen LogP contribution in [0, 0.1) is 0 Å². The number of para-hydroxylation sites is 1. The molecule has 1 amide bonds. The zero-order valence-electron chi connectivity index (χ0n) is 13.0. The Morgan fingerprint density at radius 3 is 3.09 bits per heavy atom. The lowest BCUT2D eigenvalue weighted by atomic mass is 10.1. The molecule has 0 N–H and O–H groups in total. The summed E-state index contributed by atoms with van der Waals surface area (Å²) in [6.07, 6.45) is 6.21. The summed E-state index contributed by atoms with van der Waals surface area (Å²) in [5.74, 6) is 0.247. The predicted molar refractivity (Wildman–Crippen MR) is 85.7 cm³/mol. The average Bonchev–Trinajstić information content (AvgIpc) is 3.13. The smallest absolute Gasteiger partial charge is 0.227 e. The third-order valence-corrected chi connectivity index (χ3v) is 5.12. The van der Waals surface area contributed by atoms with E-state index in [4.69, 9.17) is 4.74 Å². The predicted octanol–water partition coefficient (Wildman–Crippen LogP) is 2.50. The molecule has 2 atom stereocenters. The van der Waals surface area contributed by atoms with Crippen molar-refractivity contribution in [3.8, 4) is 0 Å². The Morgan fingerprint density at radius 1 is 1.32 bits per heavy atom. The maximum absolute atomic E-state index is 12.8. The number of hydrogen-bond acceptors (Lipinski definition) is 2. The van der Waals surface area contributed by atoms with Crippen LogP contribution in [-0.2, 0) is 23.0 Å². The van der Waals surface area contributed by atoms with E-state index in [2.05, 4.69) is 27.8 Å². The summed E-state index contributed by atoms with van der Waals surface area (Å²) in [5.41, 5.74) is 2.31. The van der Waals surface area contributed by atoms with Crippen LogP contribution in [0.4, 0.5) is 0 Å². The second-order valence-corrected chi connectivity index (χ2v) is 6.45. The first-order chi connectivity index (χ1) is 10.7. The van der Waals surface area contributed by atoms with Gasteiger partial charge in [-0.2, -0.15) is 0 Å². The Morgan fingerprint density at radius 2 is 2.18 bits per heavy atom. The van der Waals surface area contributed by atoms with Crippen molar-refractivity contribution in [3.05, 3.63) is 36.0 Å². The monoisotopic (exact) mass is 298 g/mol. The van der Waals surface area contributed by atoms with Crippen molar-refractivity contribution < 1.29 is 9.53 Å². The van der Waals surface area contributed by atoms with Gasteiger partial charge in [0, 0.05) is 30.7 Å². The number of benzene rings is 1. The molecule has 2 heterocycles. The molecule has 0 radical (unpaired) electrons. The number of carbonyl (C=O) groups excluding carboxylic acids is 1. The minimum Gasteiger partial charge on any atom is -0.374 e. The maximum Gasteiger partial charge on any atom is 0.227 e. The van der Waals surface area contributed by atoms with E-state index in [0.29, 0.717) is 19.1 Å². The molecule has 4 heteroatoms. The van der Waals surface area contributed by atoms with Gasteiger partial charge in [0.15, 0.2) is 0 Å². The molecular weight excluding hydrogens is 276 g/mol. The molecule has 116 valence electrons. The number of aryl methyl sites for hydroxylation is 1. The molecule has 1 saturated heterocycles. The van der Waals surface area contributed by atoms with Gasteiger partial charge in [0.05, 0.1) is 25.2 Å². The van der Waals surface area contributed by atoms with Gasteiger partial charge < -0.3 is 14.2 Å². The van der Waals surface area contributed by atoms with E-state index in [9.17, 15) is 4.79 Å². The standard InChI is InChI=1S/C18H22N2O2/c1-19-12-13(14-5-2-3-6-15(14)19)11-18(21)20-9-10-22-17-8-4-7-16(17)20/h2-3,5-6,12,16-17H,4,7-11H2,1H3. The third-order valence-electron chi connectivity index (χ3n) is 5.12. The highest BCUT2D eigenvalue weighted by molar-refractivity contribution is 5.89. The van der Waals surface area contributed by atoms with Crippen LogP contribution in [0.15, 0.2) is 30.5 Å². The number of ether oxygens (including phenoxy) is 1. The van der Waals surface area contributed by atoms with Gasteiger partial charge >= 0.3 is 0 Å². The highest BCUT2D eigenvalue weighted by Gasteiger charge is 2.38. The van der Waals surface area contributed by atoms with Crippen LogP contribution in [-0.4, -0.2) is 40.7 Å². The molecule has 0 spiro atoms. The van der Waals surface area contributed by atoms with E-state index >= 15 is 0 Å². The first-order valence-corrected chi connectivity index (χ1v) is 8.18. The summed E-state index contributed by atoms with van der Waals surface area (Å²) in [6.45, 7) is 1.42. The van der Waals surface area contributed by atoms with Crippen LogP contribution in [0.1, 0.15) is 24.8 Å². The van der Waals surface area contributed by atoms with Crippen molar-refractivity contribution in [2.45, 2.75) is 37.8 Å². The van der Waals surface area contributed by atoms with Crippen LogP contribution in [0.5, 0.6) is 0 Å². The van der Waals surface area contributed by atoms with E-state index in [-0.39, 0.29) is 12.0 Å². The molecule has 1 aromatic carbocycles. The lowest BCUT2D eigenvalue weighted by Gasteiger charge is -2.37. The molecular formula is C18H22N2O2. The minimum atomic E-state index is 0.247. The van der Waals surface area contributed by atoms with Gasteiger partial charge in [-0.25, -0.2) is 0 Å². The van der Waals surface area contributed by atoms with Gasteiger partial charge in [-0.3, -0.25) is 4.79 Å². The van der Waals surface area contributed by atoms with Gasteiger partial charge in [0.2, 0.25) is 5.91 Å². The van der Waals surface area contributed by atoms with Gasteiger partial charge in [-0.15, -0.1) is 0 Å². The minimum absolute atomic E-state index is 0.247. The zero-order chi connectivity index (χ0) is 15.1. The molecule has 0 bridgehead atoms. The average molecular weight is 298 g/mol. The molecule has 2 aliphatic rings. The van der Waals surface area contributed by atoms with E-state index in [1.165, 1.54) is 17.3 Å². The van der Waals surface area contributed by atoms with Crippen molar-refractivity contribution in [2.24, 2.45) is 7.05 Å². The third kappa shape index (κ3) is 2.22. The quantitative estimate of drug-likeness (QED) is 0.854. The normalized spacial score (nSPS) is 24.7.